The summed E-state index contributed by atoms with van der Waals surface area (Å²) in [5.74, 6) is -3.29. The largest absolute Gasteiger partial charge is 0.481 e. The van der Waals surface area contributed by atoms with Crippen LogP contribution in [0.2, 0.25) is 0 Å². The molecule has 1 unspecified atom stereocenters. The lowest BCUT2D eigenvalue weighted by atomic mass is 10.1. The number of halogens is 3. The van der Waals surface area contributed by atoms with Crippen LogP contribution in [0.5, 0.6) is 0 Å². The molecule has 0 aliphatic rings. The van der Waals surface area contributed by atoms with Crippen LogP contribution in [0.3, 0.4) is 0 Å². The maximum atomic E-state index is 13.3. The van der Waals surface area contributed by atoms with Gasteiger partial charge in [-0.25, -0.2) is 4.79 Å². The minimum atomic E-state index is -4.81. The van der Waals surface area contributed by atoms with Crippen molar-refractivity contribution in [3.63, 3.8) is 0 Å². The third-order valence-corrected chi connectivity index (χ3v) is 5.16. The standard InChI is InChI=1S/C23H27F3N6O7/c24-23(25,26)14-10-20(37)39-16-9-12(6-7-13(14)16)31-21(38)15(3-2-8-29-22(27)28)32-18(34)11-30-17(33)4-1-5-19(35)36/h6-7,9-10,15H,1-5,8,11H2,(H,30,33)(H,31,38)(H,32,34)(H,35,36)(H4,27,28,29). The Balaban J connectivity index is 2.12. The van der Waals surface area contributed by atoms with E-state index in [1.54, 1.807) is 0 Å². The number of alkyl halides is 3. The minimum Gasteiger partial charge on any atom is -0.481 e. The molecule has 39 heavy (non-hydrogen) atoms. The molecule has 13 nitrogen and oxygen atoms in total. The van der Waals surface area contributed by atoms with Crippen LogP contribution in [0.15, 0.2) is 38.5 Å². The van der Waals surface area contributed by atoms with Crippen LogP contribution in [-0.2, 0) is 25.4 Å². The Bertz CT molecular complexity index is 1310. The Hall–Kier alpha value is -4.63. The number of carbonyl (C=O) groups is 4. The summed E-state index contributed by atoms with van der Waals surface area (Å²) in [7, 11) is 0. The number of fused-ring (bicyclic) bond motifs is 1. The van der Waals surface area contributed by atoms with Crippen molar-refractivity contribution in [2.45, 2.75) is 44.3 Å². The zero-order valence-electron chi connectivity index (χ0n) is 20.5. The second-order valence-electron chi connectivity index (χ2n) is 8.27. The first kappa shape index (κ1) is 30.6. The number of nitrogens with one attached hydrogen (secondary N) is 3. The first-order chi connectivity index (χ1) is 18.3. The van der Waals surface area contributed by atoms with Gasteiger partial charge in [-0.05, 0) is 31.4 Å². The highest BCUT2D eigenvalue weighted by Gasteiger charge is 2.34. The predicted molar refractivity (Wildman–Crippen MR) is 132 cm³/mol. The fraction of sp³-hybridized carbons (Fsp3) is 0.391. The number of aliphatic carboxylic acids is 1. The fourth-order valence-electron chi connectivity index (χ4n) is 3.39. The van der Waals surface area contributed by atoms with Gasteiger partial charge in [0.25, 0.3) is 0 Å². The lowest BCUT2D eigenvalue weighted by Crippen LogP contribution is -2.47. The van der Waals surface area contributed by atoms with Gasteiger partial charge in [-0.2, -0.15) is 13.2 Å². The van der Waals surface area contributed by atoms with E-state index in [-0.39, 0.29) is 55.7 Å². The Morgan fingerprint density at radius 3 is 2.41 bits per heavy atom. The van der Waals surface area contributed by atoms with Crippen LogP contribution < -0.4 is 33.0 Å². The molecule has 1 aromatic carbocycles. The zero-order chi connectivity index (χ0) is 29.2. The number of anilines is 1. The van der Waals surface area contributed by atoms with E-state index >= 15 is 0 Å². The highest BCUT2D eigenvalue weighted by atomic mass is 19.4. The van der Waals surface area contributed by atoms with Gasteiger partial charge >= 0.3 is 17.8 Å². The molecule has 1 atom stereocenters. The van der Waals surface area contributed by atoms with Crippen molar-refractivity contribution in [2.24, 2.45) is 16.5 Å². The normalized spacial score (nSPS) is 11.9. The Labute approximate surface area is 218 Å². The van der Waals surface area contributed by atoms with Crippen molar-refractivity contribution in [2.75, 3.05) is 18.4 Å². The number of amides is 3. The van der Waals surface area contributed by atoms with E-state index in [9.17, 15) is 37.1 Å². The number of carboxylic acids is 1. The van der Waals surface area contributed by atoms with Gasteiger partial charge in [0.2, 0.25) is 17.7 Å². The van der Waals surface area contributed by atoms with Gasteiger partial charge in [0, 0.05) is 42.6 Å². The number of rotatable bonds is 13. The van der Waals surface area contributed by atoms with E-state index in [0.29, 0.717) is 6.07 Å². The Kier molecular flexibility index (Phi) is 10.8. The maximum Gasteiger partial charge on any atom is 0.417 e. The Morgan fingerprint density at radius 1 is 1.05 bits per heavy atom. The Morgan fingerprint density at radius 2 is 1.77 bits per heavy atom. The maximum absolute atomic E-state index is 13.3. The van der Waals surface area contributed by atoms with Crippen LogP contribution >= 0.6 is 0 Å². The molecule has 0 bridgehead atoms. The summed E-state index contributed by atoms with van der Waals surface area (Å²) in [6, 6.07) is 2.40. The van der Waals surface area contributed by atoms with E-state index in [0.717, 1.165) is 12.1 Å². The molecule has 0 saturated carbocycles. The van der Waals surface area contributed by atoms with E-state index in [1.165, 1.54) is 6.07 Å². The lowest BCUT2D eigenvalue weighted by molar-refractivity contribution is -0.138. The molecule has 0 saturated heterocycles. The van der Waals surface area contributed by atoms with Crippen molar-refractivity contribution in [3.8, 4) is 0 Å². The first-order valence-electron chi connectivity index (χ1n) is 11.6. The summed E-state index contributed by atoms with van der Waals surface area (Å²) in [5, 5.41) is 15.4. The number of benzene rings is 1. The number of carbonyl (C=O) groups excluding carboxylic acids is 3. The van der Waals surface area contributed by atoms with E-state index in [4.69, 9.17) is 21.0 Å². The van der Waals surface area contributed by atoms with Crippen LogP contribution in [-0.4, -0.2) is 53.9 Å². The van der Waals surface area contributed by atoms with E-state index in [2.05, 4.69) is 20.9 Å². The number of nitrogens with zero attached hydrogens (tertiary/aromatic N) is 1. The molecule has 0 aliphatic carbocycles. The molecule has 0 spiro atoms. The first-order valence-corrected chi connectivity index (χ1v) is 11.6. The van der Waals surface area contributed by atoms with Crippen molar-refractivity contribution in [1.29, 1.82) is 0 Å². The van der Waals surface area contributed by atoms with Gasteiger partial charge in [-0.1, -0.05) is 0 Å². The molecule has 3 amide bonds. The van der Waals surface area contributed by atoms with Crippen LogP contribution in [0.4, 0.5) is 18.9 Å². The van der Waals surface area contributed by atoms with Crippen molar-refractivity contribution in [3.05, 3.63) is 40.2 Å². The molecular formula is C23H27F3N6O7. The highest BCUT2D eigenvalue weighted by Crippen LogP contribution is 2.34. The van der Waals surface area contributed by atoms with Gasteiger partial charge in [-0.15, -0.1) is 0 Å². The second kappa shape index (κ2) is 13.8. The van der Waals surface area contributed by atoms with Gasteiger partial charge in [-0.3, -0.25) is 24.2 Å². The number of hydrogen-bond acceptors (Lipinski definition) is 7. The average Bonchev–Trinajstić information content (AvgIpc) is 2.82. The molecular weight excluding hydrogens is 529 g/mol. The molecule has 1 aromatic heterocycles. The molecule has 8 N–H and O–H groups in total. The number of nitrogens with two attached hydrogens (primary N) is 2. The van der Waals surface area contributed by atoms with E-state index < -0.39 is 59.2 Å². The van der Waals surface area contributed by atoms with Gasteiger partial charge < -0.3 is 36.9 Å². The molecule has 0 radical (unpaired) electrons. The van der Waals surface area contributed by atoms with Crippen LogP contribution in [0.25, 0.3) is 11.0 Å². The SMILES string of the molecule is NC(N)=NCCCC(NC(=O)CNC(=O)CCCC(=O)O)C(=O)Nc1ccc2c(C(F)(F)F)cc(=O)oc2c1. The molecule has 0 aliphatic heterocycles. The summed E-state index contributed by atoms with van der Waals surface area (Å²) in [6.45, 7) is -0.366. The summed E-state index contributed by atoms with van der Waals surface area (Å²) >= 11 is 0. The summed E-state index contributed by atoms with van der Waals surface area (Å²) < 4.78 is 44.7. The van der Waals surface area contributed by atoms with Crippen molar-refractivity contribution >= 4 is 46.3 Å². The molecule has 212 valence electrons. The fourth-order valence-corrected chi connectivity index (χ4v) is 3.39. The van der Waals surface area contributed by atoms with Gasteiger partial charge in [0.05, 0.1) is 12.1 Å². The van der Waals surface area contributed by atoms with Gasteiger partial charge in [0.15, 0.2) is 5.96 Å². The predicted octanol–water partition coefficient (Wildman–Crippen LogP) is 0.660. The smallest absolute Gasteiger partial charge is 0.417 e. The number of carboxylic acid groups (broad SMARTS) is 1. The minimum absolute atomic E-state index is 0.00909. The summed E-state index contributed by atoms with van der Waals surface area (Å²) in [4.78, 5) is 63.0. The van der Waals surface area contributed by atoms with Gasteiger partial charge in [0.1, 0.15) is 11.6 Å². The third kappa shape index (κ3) is 10.3. The second-order valence-corrected chi connectivity index (χ2v) is 8.27. The van der Waals surface area contributed by atoms with Crippen LogP contribution in [0.1, 0.15) is 37.7 Å². The average molecular weight is 556 g/mol. The molecule has 1 heterocycles. The van der Waals surface area contributed by atoms with Crippen molar-refractivity contribution in [1.82, 2.24) is 10.6 Å². The third-order valence-electron chi connectivity index (χ3n) is 5.16. The highest BCUT2D eigenvalue weighted by molar-refractivity contribution is 5.99. The topological polar surface area (TPSA) is 219 Å². The van der Waals surface area contributed by atoms with Crippen LogP contribution in [0, 0.1) is 0 Å². The number of guanidine groups is 1. The summed E-state index contributed by atoms with van der Waals surface area (Å²) in [6.07, 6.45) is -4.77. The number of hydrogen-bond donors (Lipinski definition) is 6. The molecule has 2 aromatic rings. The lowest BCUT2D eigenvalue weighted by Gasteiger charge is -2.19. The quantitative estimate of drug-likeness (QED) is 0.0882. The molecule has 2 rings (SSSR count). The zero-order valence-corrected chi connectivity index (χ0v) is 20.5. The van der Waals surface area contributed by atoms with Crippen molar-refractivity contribution < 1.29 is 41.9 Å². The monoisotopic (exact) mass is 556 g/mol. The summed E-state index contributed by atoms with van der Waals surface area (Å²) in [5.41, 5.74) is 7.70. The molecule has 16 heteroatoms. The number of aliphatic imine (C=N–C) groups is 1. The van der Waals surface area contributed by atoms with E-state index in [1.807, 2.05) is 0 Å². The molecule has 0 fully saturated rings.